The molecule has 0 spiro atoms. The monoisotopic (exact) mass is 263 g/mol. The molecule has 1 atom stereocenters. The molecule has 2 aromatic rings. The van der Waals surface area contributed by atoms with Gasteiger partial charge in [0.2, 0.25) is 0 Å². The third kappa shape index (κ3) is 1.75. The van der Waals surface area contributed by atoms with Crippen LogP contribution in [-0.2, 0) is 6.42 Å². The van der Waals surface area contributed by atoms with E-state index in [0.717, 1.165) is 18.7 Å². The molecule has 20 heavy (non-hydrogen) atoms. The van der Waals surface area contributed by atoms with Crippen molar-refractivity contribution in [2.75, 3.05) is 23.3 Å². The Balaban J connectivity index is 1.57. The van der Waals surface area contributed by atoms with Gasteiger partial charge in [-0.25, -0.2) is 0 Å². The van der Waals surface area contributed by atoms with Crippen LogP contribution in [0.5, 0.6) is 5.75 Å². The van der Waals surface area contributed by atoms with E-state index in [1.54, 1.807) is 7.11 Å². The van der Waals surface area contributed by atoms with Crippen LogP contribution in [0, 0.1) is 0 Å². The van der Waals surface area contributed by atoms with E-state index >= 15 is 0 Å². The first-order valence-electron chi connectivity index (χ1n) is 6.97. The van der Waals surface area contributed by atoms with Gasteiger partial charge in [-0.1, -0.05) is 18.2 Å². The number of hydrogen-bond acceptors (Lipinski definition) is 3. The molecule has 0 bridgehead atoms. The van der Waals surface area contributed by atoms with Crippen molar-refractivity contribution in [1.82, 2.24) is 0 Å². The standard InChI is InChI=1S/C16H16BN2O/c1-20-15-8-6-13(7-9-15)18-11-14-10-12-4-2-3-5-16(12)19(14)17-18/h2-9,14H,10-11H2,1H3/t14-/m0/s1. The molecule has 2 aromatic carbocycles. The van der Waals surface area contributed by atoms with Gasteiger partial charge in [0, 0.05) is 24.0 Å². The maximum absolute atomic E-state index is 5.21. The molecule has 99 valence electrons. The van der Waals surface area contributed by atoms with E-state index in [2.05, 4.69) is 53.6 Å². The van der Waals surface area contributed by atoms with Crippen LogP contribution >= 0.6 is 0 Å². The zero-order chi connectivity index (χ0) is 13.5. The average Bonchev–Trinajstić information content (AvgIpc) is 3.05. The highest BCUT2D eigenvalue weighted by atomic mass is 16.5. The van der Waals surface area contributed by atoms with Gasteiger partial charge in [-0.2, -0.15) is 0 Å². The van der Waals surface area contributed by atoms with Crippen LogP contribution in [0.15, 0.2) is 48.5 Å². The van der Waals surface area contributed by atoms with Crippen molar-refractivity contribution in [1.29, 1.82) is 0 Å². The van der Waals surface area contributed by atoms with Crippen LogP contribution in [0.4, 0.5) is 11.4 Å². The highest BCUT2D eigenvalue weighted by molar-refractivity contribution is 6.49. The van der Waals surface area contributed by atoms with Gasteiger partial charge in [0.1, 0.15) is 5.75 Å². The highest BCUT2D eigenvalue weighted by Crippen LogP contribution is 2.36. The zero-order valence-electron chi connectivity index (χ0n) is 11.5. The molecular weight excluding hydrogens is 247 g/mol. The first kappa shape index (κ1) is 11.7. The van der Waals surface area contributed by atoms with Crippen molar-refractivity contribution in [3.05, 3.63) is 54.1 Å². The number of nitrogens with zero attached hydrogens (tertiary/aromatic N) is 2. The van der Waals surface area contributed by atoms with E-state index in [1.165, 1.54) is 16.9 Å². The molecule has 2 aliphatic heterocycles. The molecule has 1 saturated heterocycles. The summed E-state index contributed by atoms with van der Waals surface area (Å²) in [5.74, 6) is 0.902. The van der Waals surface area contributed by atoms with Crippen molar-refractivity contribution in [3.63, 3.8) is 0 Å². The third-order valence-corrected chi connectivity index (χ3v) is 4.19. The number of methoxy groups -OCH3 is 1. The number of ether oxygens (including phenoxy) is 1. The van der Waals surface area contributed by atoms with Crippen molar-refractivity contribution in [2.45, 2.75) is 12.5 Å². The largest absolute Gasteiger partial charge is 0.497 e. The molecule has 1 radical (unpaired) electrons. The minimum absolute atomic E-state index is 0.564. The minimum atomic E-state index is 0.564. The van der Waals surface area contributed by atoms with Crippen molar-refractivity contribution in [2.24, 2.45) is 0 Å². The second kappa shape index (κ2) is 4.48. The van der Waals surface area contributed by atoms with Gasteiger partial charge in [0.05, 0.1) is 7.11 Å². The van der Waals surface area contributed by atoms with Gasteiger partial charge >= 0.3 is 7.55 Å². The first-order chi connectivity index (χ1) is 9.85. The molecule has 2 heterocycles. The molecule has 0 aromatic heterocycles. The molecule has 4 heteroatoms. The van der Waals surface area contributed by atoms with Crippen LogP contribution in [0.25, 0.3) is 0 Å². The fraction of sp³-hybridized carbons (Fsp3) is 0.250. The summed E-state index contributed by atoms with van der Waals surface area (Å²) in [7, 11) is 3.93. The Morgan fingerprint density at radius 2 is 1.90 bits per heavy atom. The second-order valence-corrected chi connectivity index (χ2v) is 5.36. The van der Waals surface area contributed by atoms with Gasteiger partial charge in [0.15, 0.2) is 0 Å². The molecule has 0 unspecified atom stereocenters. The second-order valence-electron chi connectivity index (χ2n) is 5.36. The Labute approximate surface area is 120 Å². The molecule has 0 amide bonds. The van der Waals surface area contributed by atoms with Crippen LogP contribution in [0.3, 0.4) is 0 Å². The lowest BCUT2D eigenvalue weighted by Gasteiger charge is -2.19. The Bertz CT molecular complexity index is 629. The Morgan fingerprint density at radius 3 is 2.70 bits per heavy atom. The summed E-state index contributed by atoms with van der Waals surface area (Å²) >= 11 is 0. The fourth-order valence-corrected chi connectivity index (χ4v) is 3.16. The van der Waals surface area contributed by atoms with Gasteiger partial charge < -0.3 is 14.4 Å². The van der Waals surface area contributed by atoms with Crippen LogP contribution in [0.1, 0.15) is 5.56 Å². The minimum Gasteiger partial charge on any atom is -0.497 e. The van der Waals surface area contributed by atoms with Gasteiger partial charge in [-0.3, -0.25) is 0 Å². The van der Waals surface area contributed by atoms with Crippen LogP contribution < -0.4 is 14.4 Å². The quantitative estimate of drug-likeness (QED) is 0.774. The molecule has 3 nitrogen and oxygen atoms in total. The predicted molar refractivity (Wildman–Crippen MR) is 82.5 cm³/mol. The summed E-state index contributed by atoms with van der Waals surface area (Å²) in [4.78, 5) is 4.72. The molecule has 0 aliphatic carbocycles. The lowest BCUT2D eigenvalue weighted by molar-refractivity contribution is 0.415. The lowest BCUT2D eigenvalue weighted by atomic mass is 10.0. The summed E-state index contributed by atoms with van der Waals surface area (Å²) in [6.45, 7) is 1.04. The smallest absolute Gasteiger partial charge is 0.391 e. The molecule has 2 aliphatic rings. The number of hydrogen-bond donors (Lipinski definition) is 0. The lowest BCUT2D eigenvalue weighted by Crippen LogP contribution is -2.30. The first-order valence-corrected chi connectivity index (χ1v) is 6.97. The van der Waals surface area contributed by atoms with E-state index in [-0.39, 0.29) is 0 Å². The van der Waals surface area contributed by atoms with E-state index in [4.69, 9.17) is 4.74 Å². The van der Waals surface area contributed by atoms with Crippen LogP contribution in [-0.4, -0.2) is 27.2 Å². The van der Waals surface area contributed by atoms with Crippen molar-refractivity contribution in [3.8, 4) is 5.75 Å². The van der Waals surface area contributed by atoms with E-state index in [9.17, 15) is 0 Å². The fourth-order valence-electron chi connectivity index (χ4n) is 3.16. The van der Waals surface area contributed by atoms with Crippen molar-refractivity contribution >= 4 is 18.9 Å². The summed E-state index contributed by atoms with van der Waals surface area (Å²) in [5.41, 5.74) is 4.04. The zero-order valence-corrected chi connectivity index (χ0v) is 11.5. The van der Waals surface area contributed by atoms with E-state index in [0.29, 0.717) is 6.04 Å². The summed E-state index contributed by atoms with van der Waals surface area (Å²) in [6, 6.07) is 17.5. The maximum atomic E-state index is 5.21. The van der Waals surface area contributed by atoms with Gasteiger partial charge in [-0.05, 0) is 42.3 Å². The van der Waals surface area contributed by atoms with Gasteiger partial charge in [0.25, 0.3) is 0 Å². The van der Waals surface area contributed by atoms with Gasteiger partial charge in [-0.15, -0.1) is 0 Å². The third-order valence-electron chi connectivity index (χ3n) is 4.19. The number of fused-ring (bicyclic) bond motifs is 3. The topological polar surface area (TPSA) is 15.7 Å². The predicted octanol–water partition coefficient (Wildman–Crippen LogP) is 2.48. The molecular formula is C16H16BN2O. The SMILES string of the molecule is COc1ccc(N2[B]N3c4ccccc4C[C@H]3C2)cc1. The summed E-state index contributed by atoms with van der Waals surface area (Å²) < 4.78 is 5.21. The molecule has 1 fully saturated rings. The summed E-state index contributed by atoms with van der Waals surface area (Å²) in [5, 5.41) is 0. The summed E-state index contributed by atoms with van der Waals surface area (Å²) in [6.07, 6.45) is 1.14. The van der Waals surface area contributed by atoms with E-state index < -0.39 is 0 Å². The molecule has 4 rings (SSSR count). The average molecular weight is 263 g/mol. The Hall–Kier alpha value is -2.10. The number of para-hydroxylation sites is 1. The number of benzene rings is 2. The normalized spacial score (nSPS) is 19.6. The van der Waals surface area contributed by atoms with E-state index in [1.807, 2.05) is 12.1 Å². The Morgan fingerprint density at radius 1 is 1.10 bits per heavy atom. The molecule has 0 saturated carbocycles. The molecule has 0 N–H and O–H groups in total. The number of rotatable bonds is 2. The highest BCUT2D eigenvalue weighted by Gasteiger charge is 2.38. The number of anilines is 2. The Kier molecular flexibility index (Phi) is 2.62. The maximum Gasteiger partial charge on any atom is 0.391 e. The van der Waals surface area contributed by atoms with Crippen molar-refractivity contribution < 1.29 is 4.74 Å². The van der Waals surface area contributed by atoms with Crippen LogP contribution in [0.2, 0.25) is 0 Å².